The van der Waals surface area contributed by atoms with E-state index in [1.54, 1.807) is 4.90 Å². The molecule has 0 aliphatic carbocycles. The van der Waals surface area contributed by atoms with Crippen molar-refractivity contribution in [2.24, 2.45) is 0 Å². The molecular formula is C37H48N5O5+. The predicted octanol–water partition coefficient (Wildman–Crippen LogP) is 6.01. The molecule has 10 nitrogen and oxygen atoms in total. The highest BCUT2D eigenvalue weighted by molar-refractivity contribution is 5.71. The van der Waals surface area contributed by atoms with Crippen LogP contribution in [0.1, 0.15) is 50.3 Å². The molecule has 4 heterocycles. The van der Waals surface area contributed by atoms with Crippen LogP contribution < -0.4 is 14.1 Å². The number of hydrogen-bond donors (Lipinski definition) is 0. The summed E-state index contributed by atoms with van der Waals surface area (Å²) in [6.07, 6.45) is 1.89. The Hall–Kier alpha value is -4.31. The average Bonchev–Trinajstić information content (AvgIpc) is 3.30. The number of quaternary nitrogens is 1. The quantitative estimate of drug-likeness (QED) is 0.292. The molecule has 3 atom stereocenters. The molecule has 0 N–H and O–H groups in total. The number of ether oxygens (including phenoxy) is 3. The Morgan fingerprint density at radius 3 is 2.17 bits per heavy atom. The van der Waals surface area contributed by atoms with Crippen molar-refractivity contribution in [1.29, 1.82) is 0 Å². The van der Waals surface area contributed by atoms with E-state index in [4.69, 9.17) is 19.2 Å². The largest absolute Gasteiger partial charge is 0.491 e. The summed E-state index contributed by atoms with van der Waals surface area (Å²) in [7, 11) is 6.32. The number of rotatable bonds is 7. The topological polar surface area (TPSA) is 84.4 Å². The Balaban J connectivity index is 1.24. The number of piperazine rings is 1. The summed E-state index contributed by atoms with van der Waals surface area (Å²) in [6.45, 7) is 8.07. The second-order valence-corrected chi connectivity index (χ2v) is 14.8. The Morgan fingerprint density at radius 1 is 0.957 bits per heavy atom. The van der Waals surface area contributed by atoms with Crippen LogP contribution in [0.3, 0.4) is 0 Å². The summed E-state index contributed by atoms with van der Waals surface area (Å²) < 4.78 is 18.6. The number of anilines is 1. The molecule has 3 aromatic rings. The fraction of sp³-hybridized carbons (Fsp3) is 0.486. The minimum absolute atomic E-state index is 0.0766. The van der Waals surface area contributed by atoms with Crippen LogP contribution in [0.2, 0.25) is 0 Å². The normalized spacial score (nSPS) is 20.7. The first-order chi connectivity index (χ1) is 22.4. The van der Waals surface area contributed by atoms with Gasteiger partial charge in [0.1, 0.15) is 30.4 Å². The molecule has 2 bridgehead atoms. The molecule has 10 heteroatoms. The summed E-state index contributed by atoms with van der Waals surface area (Å²) in [6, 6.07) is 21.7. The number of nitrogens with zero attached hydrogens (tertiary/aromatic N) is 5. The SMILES string of the molecule is CC(C)(C)OC(=O)N1C2CCC1CN(c1cc3c(c([N+](C)(C)C)n1)C[C@@H](N(Cc1ccccc1)C(=O)OCc1ccccc1)CO3)C2. The first-order valence-electron chi connectivity index (χ1n) is 16.6. The van der Waals surface area contributed by atoms with E-state index in [9.17, 15) is 9.59 Å². The van der Waals surface area contributed by atoms with Crippen LogP contribution in [-0.4, -0.2) is 91.5 Å². The summed E-state index contributed by atoms with van der Waals surface area (Å²) in [5, 5.41) is 0. The van der Waals surface area contributed by atoms with Gasteiger partial charge in [-0.05, 0) is 44.7 Å². The van der Waals surface area contributed by atoms with Crippen LogP contribution in [0.15, 0.2) is 66.7 Å². The zero-order chi connectivity index (χ0) is 33.3. The van der Waals surface area contributed by atoms with E-state index < -0.39 is 5.60 Å². The van der Waals surface area contributed by atoms with Gasteiger partial charge in [0, 0.05) is 32.1 Å². The van der Waals surface area contributed by atoms with Crippen LogP contribution in [0.4, 0.5) is 21.2 Å². The number of aromatic nitrogens is 1. The standard InChI is InChI=1S/C37H48N5O5/c1-37(2,3)47-36(44)41-28-17-18-29(41)23-39(22-28)33-20-32-31(34(38-33)42(4,5)6)19-30(25-45-32)40(21-26-13-9-7-10-14-26)35(43)46-24-27-15-11-8-12-16-27/h7-16,20,28-30H,17-19,21-25H2,1-6H3/q+1/t28?,29?,30-/m1/s1. The molecule has 0 saturated carbocycles. The fourth-order valence-corrected chi connectivity index (χ4v) is 6.87. The van der Waals surface area contributed by atoms with Gasteiger partial charge in [-0.1, -0.05) is 60.7 Å². The Kier molecular flexibility index (Phi) is 9.07. The monoisotopic (exact) mass is 642 g/mol. The van der Waals surface area contributed by atoms with Crippen LogP contribution in [-0.2, 0) is 29.0 Å². The second kappa shape index (κ2) is 13.1. The van der Waals surface area contributed by atoms with Gasteiger partial charge in [-0.15, -0.1) is 0 Å². The zero-order valence-corrected chi connectivity index (χ0v) is 28.5. The van der Waals surface area contributed by atoms with E-state index in [0.29, 0.717) is 37.1 Å². The molecule has 3 aliphatic heterocycles. The summed E-state index contributed by atoms with van der Waals surface area (Å²) in [5.74, 6) is 2.56. The minimum Gasteiger partial charge on any atom is -0.491 e. The summed E-state index contributed by atoms with van der Waals surface area (Å²) >= 11 is 0. The van der Waals surface area contributed by atoms with Gasteiger partial charge in [0.05, 0.1) is 44.8 Å². The molecule has 0 spiro atoms. The van der Waals surface area contributed by atoms with Crippen LogP contribution in [0, 0.1) is 0 Å². The van der Waals surface area contributed by atoms with Gasteiger partial charge in [0.2, 0.25) is 5.82 Å². The maximum Gasteiger partial charge on any atom is 0.410 e. The van der Waals surface area contributed by atoms with Crippen molar-refractivity contribution in [2.45, 2.75) is 76.9 Å². The summed E-state index contributed by atoms with van der Waals surface area (Å²) in [4.78, 5) is 38.0. The molecule has 250 valence electrons. The van der Waals surface area contributed by atoms with Crippen molar-refractivity contribution in [3.8, 4) is 5.75 Å². The number of benzene rings is 2. The molecule has 2 aromatic carbocycles. The van der Waals surface area contributed by atoms with E-state index in [1.807, 2.05) is 92.4 Å². The average molecular weight is 643 g/mol. The lowest BCUT2D eigenvalue weighted by atomic mass is 10.0. The highest BCUT2D eigenvalue weighted by Crippen LogP contribution is 2.40. The van der Waals surface area contributed by atoms with E-state index in [2.05, 4.69) is 26.0 Å². The van der Waals surface area contributed by atoms with Gasteiger partial charge in [0.25, 0.3) is 0 Å². The lowest BCUT2D eigenvalue weighted by Crippen LogP contribution is -2.57. The van der Waals surface area contributed by atoms with Crippen LogP contribution >= 0.6 is 0 Å². The maximum absolute atomic E-state index is 13.7. The Morgan fingerprint density at radius 2 is 1.57 bits per heavy atom. The fourth-order valence-electron chi connectivity index (χ4n) is 6.87. The molecule has 2 unspecified atom stereocenters. The molecule has 2 amide bonds. The van der Waals surface area contributed by atoms with Crippen molar-refractivity contribution in [1.82, 2.24) is 19.3 Å². The molecule has 2 saturated heterocycles. The highest BCUT2D eigenvalue weighted by atomic mass is 16.6. The van der Waals surface area contributed by atoms with Crippen LogP contribution in [0.5, 0.6) is 5.75 Å². The van der Waals surface area contributed by atoms with Crippen molar-refractivity contribution in [3.05, 3.63) is 83.4 Å². The first-order valence-corrected chi connectivity index (χ1v) is 16.6. The predicted molar refractivity (Wildman–Crippen MR) is 182 cm³/mol. The van der Waals surface area contributed by atoms with E-state index >= 15 is 0 Å². The van der Waals surface area contributed by atoms with Crippen LogP contribution in [0.25, 0.3) is 0 Å². The van der Waals surface area contributed by atoms with Crippen molar-refractivity contribution in [3.63, 3.8) is 0 Å². The lowest BCUT2D eigenvalue weighted by molar-refractivity contribution is 0.0122. The van der Waals surface area contributed by atoms with Crippen molar-refractivity contribution < 1.29 is 23.8 Å². The molecule has 3 aliphatic rings. The van der Waals surface area contributed by atoms with Crippen molar-refractivity contribution in [2.75, 3.05) is 45.7 Å². The molecule has 1 aromatic heterocycles. The Labute approximate surface area is 278 Å². The molecule has 47 heavy (non-hydrogen) atoms. The highest BCUT2D eigenvalue weighted by Gasteiger charge is 2.45. The number of carbonyl (C=O) groups excluding carboxylic acids is 2. The third-order valence-electron chi connectivity index (χ3n) is 9.04. The smallest absolute Gasteiger partial charge is 0.410 e. The maximum atomic E-state index is 13.7. The van der Waals surface area contributed by atoms with Gasteiger partial charge in [-0.25, -0.2) is 9.59 Å². The van der Waals surface area contributed by atoms with Gasteiger partial charge >= 0.3 is 12.2 Å². The first kappa shape index (κ1) is 32.6. The second-order valence-electron chi connectivity index (χ2n) is 14.8. The zero-order valence-electron chi connectivity index (χ0n) is 28.5. The van der Waals surface area contributed by atoms with Gasteiger partial charge in [0.15, 0.2) is 0 Å². The minimum atomic E-state index is -0.530. The Bertz CT molecular complexity index is 1560. The van der Waals surface area contributed by atoms with Gasteiger partial charge in [-0.3, -0.25) is 14.3 Å². The summed E-state index contributed by atoms with van der Waals surface area (Å²) in [5.41, 5.74) is 2.44. The number of fused-ring (bicyclic) bond motifs is 3. The molecule has 6 rings (SSSR count). The van der Waals surface area contributed by atoms with E-state index in [0.717, 1.165) is 46.9 Å². The molecule has 2 fully saturated rings. The lowest BCUT2D eigenvalue weighted by Gasteiger charge is -2.42. The van der Waals surface area contributed by atoms with E-state index in [-0.39, 0.29) is 36.9 Å². The number of carbonyl (C=O) groups is 2. The number of hydrogen-bond acceptors (Lipinski definition) is 7. The van der Waals surface area contributed by atoms with Gasteiger partial charge in [-0.2, -0.15) is 4.98 Å². The third-order valence-corrected chi connectivity index (χ3v) is 9.04. The molecule has 0 radical (unpaired) electrons. The van der Waals surface area contributed by atoms with Crippen molar-refractivity contribution >= 4 is 23.8 Å². The number of amides is 2. The van der Waals surface area contributed by atoms with E-state index in [1.165, 1.54) is 0 Å². The molecular weight excluding hydrogens is 594 g/mol. The number of pyridine rings is 1. The van der Waals surface area contributed by atoms with Gasteiger partial charge < -0.3 is 19.1 Å². The third kappa shape index (κ3) is 7.48.